The van der Waals surface area contributed by atoms with Crippen LogP contribution in [0.15, 0.2) is 48.8 Å². The number of carbonyl (C=O) groups is 1. The van der Waals surface area contributed by atoms with Gasteiger partial charge in [0, 0.05) is 55.4 Å². The largest absolute Gasteiger partial charge is 0.491 e. The quantitative estimate of drug-likeness (QED) is 0.359. The molecule has 0 unspecified atom stereocenters. The lowest BCUT2D eigenvalue weighted by Crippen LogP contribution is -2.36. The highest BCUT2D eigenvalue weighted by molar-refractivity contribution is 6.31. The third-order valence-electron chi connectivity index (χ3n) is 7.35. The van der Waals surface area contributed by atoms with Crippen molar-refractivity contribution in [2.24, 2.45) is 5.92 Å². The zero-order valence-corrected chi connectivity index (χ0v) is 23.1. The van der Waals surface area contributed by atoms with Crippen molar-refractivity contribution in [3.8, 4) is 5.75 Å². The number of ether oxygens (including phenoxy) is 4. The molecule has 41 heavy (non-hydrogen) atoms. The number of amides is 1. The number of carbonyl (C=O) groups excluding carboxylic acids is 1. The smallest absolute Gasteiger partial charge is 0.248 e. The van der Waals surface area contributed by atoms with Gasteiger partial charge >= 0.3 is 0 Å². The number of halogens is 2. The normalized spacial score (nSPS) is 22.7. The molecule has 3 fully saturated rings. The number of nitrogens with zero attached hydrogens (tertiary/aromatic N) is 3. The fourth-order valence-corrected chi connectivity index (χ4v) is 5.38. The van der Waals surface area contributed by atoms with Crippen molar-refractivity contribution >= 4 is 45.6 Å². The van der Waals surface area contributed by atoms with Crippen LogP contribution < -0.4 is 15.4 Å². The molecule has 0 radical (unpaired) electrons. The van der Waals surface area contributed by atoms with Crippen LogP contribution in [0.5, 0.6) is 5.75 Å². The first kappa shape index (κ1) is 27.8. The van der Waals surface area contributed by atoms with E-state index >= 15 is 0 Å². The van der Waals surface area contributed by atoms with Crippen LogP contribution >= 0.6 is 11.6 Å². The molecule has 1 amide bonds. The van der Waals surface area contributed by atoms with Gasteiger partial charge < -0.3 is 29.6 Å². The van der Waals surface area contributed by atoms with Crippen LogP contribution in [0.4, 0.5) is 21.6 Å². The fourth-order valence-electron chi connectivity index (χ4n) is 5.20. The van der Waals surface area contributed by atoms with Crippen molar-refractivity contribution in [3.05, 3.63) is 59.7 Å². The van der Waals surface area contributed by atoms with Crippen molar-refractivity contribution in [1.82, 2.24) is 14.9 Å². The molecule has 0 saturated carbocycles. The SMILES string of the molecule is O=C(/C=C/CN1C[C@@H]2OCCO[C@H]2C1)Nc1cc2c(Nc3ccc(F)c(Cl)c3)ncnc2cc1OC[C@H]1CCOC1. The lowest BCUT2D eigenvalue weighted by atomic mass is 10.1. The number of anilines is 3. The topological polar surface area (TPSA) is 107 Å². The lowest BCUT2D eigenvalue weighted by molar-refractivity contribution is -0.116. The summed E-state index contributed by atoms with van der Waals surface area (Å²) >= 11 is 5.96. The predicted molar refractivity (Wildman–Crippen MR) is 152 cm³/mol. The first-order chi connectivity index (χ1) is 20.0. The summed E-state index contributed by atoms with van der Waals surface area (Å²) in [4.78, 5) is 24.0. The second kappa shape index (κ2) is 12.7. The minimum absolute atomic E-state index is 0.00701. The molecule has 3 aliphatic rings. The van der Waals surface area contributed by atoms with Crippen molar-refractivity contribution in [3.63, 3.8) is 0 Å². The van der Waals surface area contributed by atoms with Crippen molar-refractivity contribution in [1.29, 1.82) is 0 Å². The molecule has 3 saturated heterocycles. The second-order valence-corrected chi connectivity index (χ2v) is 10.7. The fraction of sp³-hybridized carbons (Fsp3) is 0.414. The standard InChI is InChI=1S/C29H31ClFN5O5/c30-21-10-19(3-4-22(21)31)34-29-20-11-24(25(12-23(20)32-17-33-29)41-16-18-5-7-38-15-18)35-28(37)2-1-6-36-13-26-27(14-36)40-9-8-39-26/h1-4,10-12,17-18,26-27H,5-9,13-16H2,(H,35,37)(H,32,33,34)/b2-1+/t18-,26-,27-/m0/s1. The Kier molecular flexibility index (Phi) is 8.59. The van der Waals surface area contributed by atoms with Crippen molar-refractivity contribution in [2.75, 3.05) is 63.3 Å². The van der Waals surface area contributed by atoms with Gasteiger partial charge in [0.2, 0.25) is 5.91 Å². The van der Waals surface area contributed by atoms with Crippen LogP contribution in [0, 0.1) is 11.7 Å². The van der Waals surface area contributed by atoms with E-state index in [4.69, 9.17) is 30.5 Å². The average Bonchev–Trinajstić information content (AvgIpc) is 3.64. The molecule has 0 bridgehead atoms. The molecule has 0 aliphatic carbocycles. The van der Waals surface area contributed by atoms with Crippen molar-refractivity contribution < 1.29 is 28.1 Å². The molecular formula is C29H31ClFN5O5. The van der Waals surface area contributed by atoms with Crippen LogP contribution in [-0.4, -0.2) is 85.7 Å². The Morgan fingerprint density at radius 1 is 1.15 bits per heavy atom. The number of aromatic nitrogens is 2. The number of rotatable bonds is 9. The molecule has 6 rings (SSSR count). The van der Waals surface area contributed by atoms with Gasteiger partial charge in [-0.05, 0) is 30.7 Å². The van der Waals surface area contributed by atoms with E-state index in [9.17, 15) is 9.18 Å². The summed E-state index contributed by atoms with van der Waals surface area (Å²) in [5.41, 5.74) is 1.65. The van der Waals surface area contributed by atoms with Gasteiger partial charge in [-0.25, -0.2) is 14.4 Å². The number of fused-ring (bicyclic) bond motifs is 2. The molecular weight excluding hydrogens is 553 g/mol. The minimum atomic E-state index is -0.512. The highest BCUT2D eigenvalue weighted by Crippen LogP contribution is 2.34. The van der Waals surface area contributed by atoms with Gasteiger partial charge in [-0.1, -0.05) is 17.7 Å². The maximum Gasteiger partial charge on any atom is 0.248 e. The third-order valence-corrected chi connectivity index (χ3v) is 7.64. The summed E-state index contributed by atoms with van der Waals surface area (Å²) in [6, 6.07) is 7.88. The van der Waals surface area contributed by atoms with Crippen LogP contribution in [0.1, 0.15) is 6.42 Å². The monoisotopic (exact) mass is 583 g/mol. The molecule has 4 heterocycles. The number of likely N-dealkylation sites (tertiary alicyclic amines) is 1. The predicted octanol–water partition coefficient (Wildman–Crippen LogP) is 4.18. The van der Waals surface area contributed by atoms with E-state index < -0.39 is 5.82 Å². The van der Waals surface area contributed by atoms with Gasteiger partial charge in [-0.2, -0.15) is 0 Å². The van der Waals surface area contributed by atoms with E-state index in [0.717, 1.165) is 19.5 Å². The molecule has 3 atom stereocenters. The molecule has 2 aromatic carbocycles. The average molecular weight is 584 g/mol. The summed E-state index contributed by atoms with van der Waals surface area (Å²) in [7, 11) is 0. The first-order valence-corrected chi connectivity index (χ1v) is 14.0. The Bertz CT molecular complexity index is 1420. The summed E-state index contributed by atoms with van der Waals surface area (Å²) in [5, 5.41) is 6.76. The van der Waals surface area contributed by atoms with E-state index in [0.29, 0.717) is 73.4 Å². The maximum absolute atomic E-state index is 13.7. The lowest BCUT2D eigenvalue weighted by Gasteiger charge is -2.24. The summed E-state index contributed by atoms with van der Waals surface area (Å²) in [5.74, 6) is 0.441. The Balaban J connectivity index is 1.20. The van der Waals surface area contributed by atoms with Crippen LogP contribution in [-0.2, 0) is 19.0 Å². The highest BCUT2D eigenvalue weighted by atomic mass is 35.5. The number of nitrogens with one attached hydrogen (secondary N) is 2. The molecule has 3 aliphatic heterocycles. The molecule has 2 N–H and O–H groups in total. The van der Waals surface area contributed by atoms with Gasteiger partial charge in [0.05, 0.1) is 54.9 Å². The van der Waals surface area contributed by atoms with Gasteiger partial charge in [0.1, 0.15) is 23.7 Å². The van der Waals surface area contributed by atoms with E-state index in [2.05, 4.69) is 25.5 Å². The zero-order valence-electron chi connectivity index (χ0n) is 22.4. The first-order valence-electron chi connectivity index (χ1n) is 13.7. The molecule has 1 aromatic heterocycles. The molecule has 3 aromatic rings. The van der Waals surface area contributed by atoms with Crippen molar-refractivity contribution in [2.45, 2.75) is 18.6 Å². The van der Waals surface area contributed by atoms with Crippen LogP contribution in [0.2, 0.25) is 5.02 Å². The van der Waals surface area contributed by atoms with E-state index in [1.807, 2.05) is 6.08 Å². The molecule has 10 nitrogen and oxygen atoms in total. The van der Waals surface area contributed by atoms with E-state index in [1.165, 1.54) is 24.5 Å². The highest BCUT2D eigenvalue weighted by Gasteiger charge is 2.35. The van der Waals surface area contributed by atoms with Crippen LogP contribution in [0.25, 0.3) is 10.9 Å². The number of benzene rings is 2. The van der Waals surface area contributed by atoms with Gasteiger partial charge in [-0.3, -0.25) is 9.69 Å². The number of hydrogen-bond acceptors (Lipinski definition) is 9. The zero-order chi connectivity index (χ0) is 28.2. The van der Waals surface area contributed by atoms with Crippen LogP contribution in [0.3, 0.4) is 0 Å². The summed E-state index contributed by atoms with van der Waals surface area (Å²) in [6.45, 7) is 5.22. The van der Waals surface area contributed by atoms with E-state index in [1.54, 1.807) is 18.2 Å². The molecule has 0 spiro atoms. The van der Waals surface area contributed by atoms with Gasteiger partial charge in [0.15, 0.2) is 0 Å². The Morgan fingerprint density at radius 2 is 1.98 bits per heavy atom. The minimum Gasteiger partial charge on any atom is -0.491 e. The summed E-state index contributed by atoms with van der Waals surface area (Å²) < 4.78 is 36.9. The number of hydrogen-bond donors (Lipinski definition) is 2. The Labute approximate surface area is 241 Å². The second-order valence-electron chi connectivity index (χ2n) is 10.3. The third kappa shape index (κ3) is 6.77. The maximum atomic E-state index is 13.7. The molecule has 216 valence electrons. The molecule has 12 heteroatoms. The Morgan fingerprint density at radius 3 is 2.73 bits per heavy atom. The summed E-state index contributed by atoms with van der Waals surface area (Å²) in [6.07, 6.45) is 5.87. The Hall–Kier alpha value is -3.35. The van der Waals surface area contributed by atoms with Gasteiger partial charge in [0.25, 0.3) is 0 Å². The van der Waals surface area contributed by atoms with E-state index in [-0.39, 0.29) is 29.1 Å². The van der Waals surface area contributed by atoms with Gasteiger partial charge in [-0.15, -0.1) is 0 Å².